The molecule has 0 aliphatic heterocycles. The number of nitrogens with one attached hydrogen (secondary N) is 1. The second-order valence-electron chi connectivity index (χ2n) is 4.51. The summed E-state index contributed by atoms with van der Waals surface area (Å²) in [6.07, 6.45) is 1.27. The van der Waals surface area contributed by atoms with Crippen molar-refractivity contribution in [3.8, 4) is 0 Å². The molecule has 1 unspecified atom stereocenters. The molecule has 0 fully saturated rings. The van der Waals surface area contributed by atoms with Crippen molar-refractivity contribution in [1.82, 2.24) is 5.32 Å². The number of hydrogen-bond acceptors (Lipinski definition) is 3. The number of thiophene rings is 1. The third kappa shape index (κ3) is 5.92. The molecule has 0 saturated heterocycles. The van der Waals surface area contributed by atoms with Crippen LogP contribution >= 0.6 is 23.1 Å². The van der Waals surface area contributed by atoms with E-state index in [1.165, 1.54) is 22.8 Å². The highest BCUT2D eigenvalue weighted by Crippen LogP contribution is 2.18. The van der Waals surface area contributed by atoms with Gasteiger partial charge >= 0.3 is 0 Å². The van der Waals surface area contributed by atoms with Crippen molar-refractivity contribution in [1.29, 1.82) is 0 Å². The Bertz CT molecular complexity index is 257. The molecule has 0 spiro atoms. The number of rotatable bonds is 8. The minimum Gasteiger partial charge on any atom is -0.309 e. The van der Waals surface area contributed by atoms with Gasteiger partial charge in [-0.1, -0.05) is 19.9 Å². The van der Waals surface area contributed by atoms with Crippen molar-refractivity contribution < 1.29 is 0 Å². The van der Waals surface area contributed by atoms with Crippen molar-refractivity contribution >= 4 is 23.1 Å². The fourth-order valence-electron chi connectivity index (χ4n) is 1.45. The molecule has 1 rings (SSSR count). The van der Waals surface area contributed by atoms with Crippen molar-refractivity contribution in [2.24, 2.45) is 5.92 Å². The van der Waals surface area contributed by atoms with E-state index in [2.05, 4.69) is 55.4 Å². The first-order valence-electron chi connectivity index (χ1n) is 6.04. The van der Waals surface area contributed by atoms with Crippen LogP contribution in [0.4, 0.5) is 0 Å². The van der Waals surface area contributed by atoms with E-state index in [1.54, 1.807) is 0 Å². The third-order valence-electron chi connectivity index (χ3n) is 2.34. The molecule has 1 nitrogen and oxygen atoms in total. The summed E-state index contributed by atoms with van der Waals surface area (Å²) in [5.74, 6) is 3.39. The lowest BCUT2D eigenvalue weighted by Crippen LogP contribution is -2.19. The highest BCUT2D eigenvalue weighted by molar-refractivity contribution is 7.99. The maximum absolute atomic E-state index is 3.57. The maximum atomic E-state index is 3.57. The smallest absolute Gasteiger partial charge is 0.0386 e. The lowest BCUT2D eigenvalue weighted by atomic mass is 10.2. The second kappa shape index (κ2) is 8.15. The van der Waals surface area contributed by atoms with Gasteiger partial charge in [0.2, 0.25) is 0 Å². The van der Waals surface area contributed by atoms with Gasteiger partial charge in [-0.3, -0.25) is 0 Å². The van der Waals surface area contributed by atoms with Gasteiger partial charge in [-0.05, 0) is 48.8 Å². The summed E-state index contributed by atoms with van der Waals surface area (Å²) in [5, 5.41) is 5.72. The highest BCUT2D eigenvalue weighted by atomic mass is 32.2. The molecular formula is C13H23NS2. The molecule has 3 heteroatoms. The van der Waals surface area contributed by atoms with Gasteiger partial charge in [-0.15, -0.1) is 11.3 Å². The molecule has 1 heterocycles. The van der Waals surface area contributed by atoms with Gasteiger partial charge in [0.05, 0.1) is 0 Å². The number of hydrogen-bond donors (Lipinski definition) is 1. The Hall–Kier alpha value is 0.01000. The van der Waals surface area contributed by atoms with Gasteiger partial charge in [0.25, 0.3) is 0 Å². The number of thioether (sulfide) groups is 1. The zero-order valence-corrected chi connectivity index (χ0v) is 12.2. The van der Waals surface area contributed by atoms with Crippen LogP contribution in [-0.2, 0) is 0 Å². The predicted octanol–water partition coefficient (Wildman–Crippen LogP) is 4.18. The van der Waals surface area contributed by atoms with E-state index in [-0.39, 0.29) is 0 Å². The first-order valence-corrected chi connectivity index (χ1v) is 8.08. The van der Waals surface area contributed by atoms with E-state index in [1.807, 2.05) is 11.3 Å². The Kier molecular flexibility index (Phi) is 7.17. The molecule has 1 aromatic rings. The van der Waals surface area contributed by atoms with Gasteiger partial charge in [0.15, 0.2) is 0 Å². The predicted molar refractivity (Wildman–Crippen MR) is 77.5 cm³/mol. The molecule has 0 bridgehead atoms. The van der Waals surface area contributed by atoms with Crippen molar-refractivity contribution in [2.45, 2.75) is 33.2 Å². The molecular weight excluding hydrogens is 234 g/mol. The van der Waals surface area contributed by atoms with E-state index in [9.17, 15) is 0 Å². The second-order valence-corrected chi connectivity index (χ2v) is 6.64. The summed E-state index contributed by atoms with van der Waals surface area (Å²) in [5.41, 5.74) is 0. The minimum atomic E-state index is 0.509. The van der Waals surface area contributed by atoms with Crippen LogP contribution in [0.15, 0.2) is 17.5 Å². The molecule has 0 aromatic carbocycles. The summed E-state index contributed by atoms with van der Waals surface area (Å²) < 4.78 is 0. The average Bonchev–Trinajstić information content (AvgIpc) is 2.75. The third-order valence-corrected chi connectivity index (χ3v) is 4.87. The van der Waals surface area contributed by atoms with E-state index in [4.69, 9.17) is 0 Å². The summed E-state index contributed by atoms with van der Waals surface area (Å²) in [6, 6.07) is 4.84. The van der Waals surface area contributed by atoms with Crippen LogP contribution in [0.25, 0.3) is 0 Å². The Balaban J connectivity index is 1.99. The van der Waals surface area contributed by atoms with Gasteiger partial charge in [-0.2, -0.15) is 11.8 Å². The van der Waals surface area contributed by atoms with E-state index in [0.29, 0.717) is 6.04 Å². The first-order chi connectivity index (χ1) is 7.70. The summed E-state index contributed by atoms with van der Waals surface area (Å²) >= 11 is 3.91. The average molecular weight is 257 g/mol. The Morgan fingerprint density at radius 1 is 1.38 bits per heavy atom. The van der Waals surface area contributed by atoms with Crippen LogP contribution in [0.3, 0.4) is 0 Å². The molecule has 16 heavy (non-hydrogen) atoms. The van der Waals surface area contributed by atoms with Crippen LogP contribution in [0, 0.1) is 5.92 Å². The van der Waals surface area contributed by atoms with Crippen LogP contribution in [0.1, 0.15) is 38.1 Å². The topological polar surface area (TPSA) is 12.0 Å². The van der Waals surface area contributed by atoms with Crippen LogP contribution in [0.5, 0.6) is 0 Å². The van der Waals surface area contributed by atoms with E-state index in [0.717, 1.165) is 12.5 Å². The van der Waals surface area contributed by atoms with Crippen molar-refractivity contribution in [3.05, 3.63) is 22.4 Å². The maximum Gasteiger partial charge on any atom is 0.0386 e. The van der Waals surface area contributed by atoms with Gasteiger partial charge in [0, 0.05) is 10.9 Å². The molecule has 0 radical (unpaired) electrons. The lowest BCUT2D eigenvalue weighted by molar-refractivity contribution is 0.580. The van der Waals surface area contributed by atoms with E-state index < -0.39 is 0 Å². The molecule has 92 valence electrons. The lowest BCUT2D eigenvalue weighted by Gasteiger charge is -2.11. The SMILES string of the molecule is CC(C)CSCCCNC(C)c1cccs1. The summed E-state index contributed by atoms with van der Waals surface area (Å²) in [7, 11) is 0. The van der Waals surface area contributed by atoms with Crippen molar-refractivity contribution in [3.63, 3.8) is 0 Å². The monoisotopic (exact) mass is 257 g/mol. The van der Waals surface area contributed by atoms with Crippen LogP contribution in [0.2, 0.25) is 0 Å². The Morgan fingerprint density at radius 3 is 2.81 bits per heavy atom. The highest BCUT2D eigenvalue weighted by Gasteiger charge is 2.04. The van der Waals surface area contributed by atoms with Crippen molar-refractivity contribution in [2.75, 3.05) is 18.1 Å². The van der Waals surface area contributed by atoms with Gasteiger partial charge in [-0.25, -0.2) is 0 Å². The standard InChI is InChI=1S/C13H23NS2/c1-11(2)10-15-8-5-7-14-12(3)13-6-4-9-16-13/h4,6,9,11-12,14H,5,7-8,10H2,1-3H3. The Labute approximate surface area is 108 Å². The van der Waals surface area contributed by atoms with Crippen LogP contribution < -0.4 is 5.32 Å². The molecule has 1 atom stereocenters. The molecule has 0 amide bonds. The van der Waals surface area contributed by atoms with Crippen LogP contribution in [-0.4, -0.2) is 18.1 Å². The quantitative estimate of drug-likeness (QED) is 0.701. The normalized spacial score (nSPS) is 13.2. The fraction of sp³-hybridized carbons (Fsp3) is 0.692. The first kappa shape index (κ1) is 14.1. The largest absolute Gasteiger partial charge is 0.309 e. The van der Waals surface area contributed by atoms with E-state index >= 15 is 0 Å². The zero-order valence-electron chi connectivity index (χ0n) is 10.5. The fourth-order valence-corrected chi connectivity index (χ4v) is 3.20. The molecule has 0 aliphatic carbocycles. The summed E-state index contributed by atoms with van der Waals surface area (Å²) in [4.78, 5) is 1.44. The molecule has 1 N–H and O–H groups in total. The molecule has 0 aliphatic rings. The van der Waals surface area contributed by atoms with Gasteiger partial charge < -0.3 is 5.32 Å². The summed E-state index contributed by atoms with van der Waals surface area (Å²) in [6.45, 7) is 7.94. The minimum absolute atomic E-state index is 0.509. The zero-order chi connectivity index (χ0) is 11.8. The Morgan fingerprint density at radius 2 is 2.19 bits per heavy atom. The van der Waals surface area contributed by atoms with Gasteiger partial charge in [0.1, 0.15) is 0 Å². The molecule has 1 aromatic heterocycles. The molecule has 0 saturated carbocycles.